The number of likely N-dealkylation sites (N-methyl/N-ethyl adjacent to an activating group) is 1. The summed E-state index contributed by atoms with van der Waals surface area (Å²) in [6, 6.07) is 16.5. The number of fused-ring (bicyclic) bond motifs is 1. The lowest BCUT2D eigenvalue weighted by atomic mass is 9.72. The lowest BCUT2D eigenvalue weighted by molar-refractivity contribution is 0.132. The molecule has 0 amide bonds. The minimum absolute atomic E-state index is 0.231. The second-order valence-electron chi connectivity index (χ2n) is 13.1. The molecule has 6 unspecified atom stereocenters. The Kier molecular flexibility index (Phi) is 7.15. The molecule has 3 fully saturated rings. The van der Waals surface area contributed by atoms with Crippen molar-refractivity contribution in [2.75, 3.05) is 27.3 Å². The van der Waals surface area contributed by atoms with Crippen LogP contribution in [0.25, 0.3) is 0 Å². The second-order valence-corrected chi connectivity index (χ2v) is 13.1. The van der Waals surface area contributed by atoms with Crippen LogP contribution in [0.2, 0.25) is 0 Å². The van der Waals surface area contributed by atoms with E-state index in [1.54, 1.807) is 14.2 Å². The topological polar surface area (TPSA) is 44.9 Å². The first-order valence-corrected chi connectivity index (χ1v) is 16.0. The molecule has 1 aliphatic heterocycles. The third-order valence-electron chi connectivity index (χ3n) is 11.4. The van der Waals surface area contributed by atoms with Gasteiger partial charge in [-0.3, -0.25) is 9.80 Å². The Balaban J connectivity index is 1.05. The molecule has 2 saturated carbocycles. The Labute approximate surface area is 245 Å². The number of hydrogen-bond acceptors (Lipinski definition) is 5. The summed E-state index contributed by atoms with van der Waals surface area (Å²) in [7, 11) is 3.48. The molecule has 7 rings (SSSR count). The summed E-state index contributed by atoms with van der Waals surface area (Å²) in [5.74, 6) is 3.88. The number of rotatable bonds is 10. The van der Waals surface area contributed by atoms with Crippen LogP contribution in [0.4, 0.5) is 0 Å². The van der Waals surface area contributed by atoms with Gasteiger partial charge in [-0.05, 0) is 116 Å². The number of hydrogen-bond donors (Lipinski definition) is 1. The fraction of sp³-hybridized carbons (Fsp3) is 0.556. The van der Waals surface area contributed by atoms with Gasteiger partial charge in [0.1, 0.15) is 5.75 Å². The van der Waals surface area contributed by atoms with Gasteiger partial charge in [-0.2, -0.15) is 0 Å². The van der Waals surface area contributed by atoms with Gasteiger partial charge in [0.25, 0.3) is 0 Å². The predicted molar refractivity (Wildman–Crippen MR) is 162 cm³/mol. The van der Waals surface area contributed by atoms with Crippen LogP contribution in [-0.4, -0.2) is 59.8 Å². The number of likely N-dealkylation sites (tertiary alicyclic amines) is 1. The van der Waals surface area contributed by atoms with Gasteiger partial charge >= 0.3 is 0 Å². The molecule has 5 nitrogen and oxygen atoms in total. The van der Waals surface area contributed by atoms with Crippen LogP contribution in [0.1, 0.15) is 61.3 Å². The number of aromatic hydroxyl groups is 1. The highest BCUT2D eigenvalue weighted by Gasteiger charge is 2.72. The van der Waals surface area contributed by atoms with Crippen LogP contribution < -0.4 is 0 Å². The van der Waals surface area contributed by atoms with Crippen molar-refractivity contribution in [1.29, 1.82) is 0 Å². The van der Waals surface area contributed by atoms with Crippen molar-refractivity contribution in [3.8, 4) is 5.75 Å². The Morgan fingerprint density at radius 2 is 1.71 bits per heavy atom. The van der Waals surface area contributed by atoms with Gasteiger partial charge in [-0.1, -0.05) is 37.3 Å². The molecule has 2 aromatic carbocycles. The van der Waals surface area contributed by atoms with E-state index in [0.29, 0.717) is 23.1 Å². The van der Waals surface area contributed by atoms with Crippen LogP contribution in [0, 0.1) is 17.8 Å². The minimum atomic E-state index is 0.231. The number of methoxy groups -OCH3 is 2. The molecule has 5 aliphatic rings. The normalized spacial score (nSPS) is 33.2. The van der Waals surface area contributed by atoms with Crippen molar-refractivity contribution in [3.63, 3.8) is 0 Å². The fourth-order valence-electron chi connectivity index (χ4n) is 9.09. The Morgan fingerprint density at radius 1 is 0.927 bits per heavy atom. The molecule has 2 aromatic rings. The van der Waals surface area contributed by atoms with Crippen LogP contribution in [0.15, 0.2) is 66.1 Å². The highest BCUT2D eigenvalue weighted by atomic mass is 16.5. The van der Waals surface area contributed by atoms with Crippen molar-refractivity contribution < 1.29 is 14.6 Å². The second kappa shape index (κ2) is 10.8. The Bertz CT molecular complexity index is 1330. The van der Waals surface area contributed by atoms with Crippen LogP contribution in [-0.2, 0) is 35.3 Å². The van der Waals surface area contributed by atoms with E-state index in [-0.39, 0.29) is 6.04 Å². The third-order valence-corrected chi connectivity index (χ3v) is 11.4. The fourth-order valence-corrected chi connectivity index (χ4v) is 9.09. The maximum atomic E-state index is 9.99. The molecule has 5 heteroatoms. The number of aryl methyl sites for hydroxylation is 1. The summed E-state index contributed by atoms with van der Waals surface area (Å²) in [6.45, 7) is 5.38. The molecule has 1 saturated heterocycles. The molecule has 218 valence electrons. The summed E-state index contributed by atoms with van der Waals surface area (Å²) in [4.78, 5) is 5.43. The Hall–Kier alpha value is -2.76. The van der Waals surface area contributed by atoms with Gasteiger partial charge in [-0.25, -0.2) is 0 Å². The molecule has 7 atom stereocenters. The van der Waals surface area contributed by atoms with E-state index in [9.17, 15) is 5.11 Å². The van der Waals surface area contributed by atoms with Crippen LogP contribution >= 0.6 is 0 Å². The van der Waals surface area contributed by atoms with Crippen molar-refractivity contribution in [2.45, 2.75) is 82.5 Å². The molecule has 1 spiro atoms. The number of phenols is 1. The average molecular weight is 555 g/mol. The predicted octanol–water partition coefficient (Wildman–Crippen LogP) is 6.25. The Morgan fingerprint density at radius 3 is 2.41 bits per heavy atom. The molecule has 0 aromatic heterocycles. The van der Waals surface area contributed by atoms with Crippen molar-refractivity contribution in [2.24, 2.45) is 17.8 Å². The minimum Gasteiger partial charge on any atom is -0.508 e. The summed E-state index contributed by atoms with van der Waals surface area (Å²) < 4.78 is 11.6. The van der Waals surface area contributed by atoms with Gasteiger partial charge < -0.3 is 14.6 Å². The van der Waals surface area contributed by atoms with Gasteiger partial charge in [0.15, 0.2) is 11.5 Å². The summed E-state index contributed by atoms with van der Waals surface area (Å²) in [5.41, 5.74) is 6.13. The number of phenolic OH excluding ortho intramolecular Hbond substituents is 1. The standard InChI is InChI=1S/C36H46N2O3/c1-4-37(23-25-7-5-24(6-8-25)16-18-38-35-14-12-29-15-17-36(29,35)38)32-22-34(41-3)33(40-2)21-31(32)28-10-9-27-20-30(39)13-11-26(27)19-28/h5-8,11,13,20-22,28-29,31-32,35,39H,4,9-10,12,14-19,23H2,1-3H3/t28-,29?,31?,32?,35?,36?,38?/m1/s1. The third kappa shape index (κ3) is 4.70. The highest BCUT2D eigenvalue weighted by Crippen LogP contribution is 2.66. The van der Waals surface area contributed by atoms with E-state index in [4.69, 9.17) is 9.47 Å². The highest BCUT2D eigenvalue weighted by molar-refractivity contribution is 5.38. The summed E-state index contributed by atoms with van der Waals surface area (Å²) >= 11 is 0. The SMILES string of the molecule is CCN(Cc1ccc(CCN2C3CCC4CCC432)cc1)C1C=C(OC)C(OC)=CC1[C@@H]1CCc2cc(O)ccc2C1. The van der Waals surface area contributed by atoms with E-state index in [2.05, 4.69) is 59.2 Å². The van der Waals surface area contributed by atoms with E-state index in [0.717, 1.165) is 55.8 Å². The molecule has 1 N–H and O–H groups in total. The molecule has 4 aliphatic carbocycles. The number of benzene rings is 2. The zero-order valence-electron chi connectivity index (χ0n) is 25.0. The van der Waals surface area contributed by atoms with Crippen LogP contribution in [0.3, 0.4) is 0 Å². The first kappa shape index (κ1) is 27.1. The van der Waals surface area contributed by atoms with E-state index in [1.807, 2.05) is 12.1 Å². The van der Waals surface area contributed by atoms with Crippen LogP contribution in [0.5, 0.6) is 5.75 Å². The van der Waals surface area contributed by atoms with Gasteiger partial charge in [0, 0.05) is 36.6 Å². The van der Waals surface area contributed by atoms with Gasteiger partial charge in [0.2, 0.25) is 0 Å². The summed E-state index contributed by atoms with van der Waals surface area (Å²) in [5, 5.41) is 9.99. The lowest BCUT2D eigenvalue weighted by Gasteiger charge is -2.41. The quantitative estimate of drug-likeness (QED) is 0.352. The molecule has 0 radical (unpaired) electrons. The number of ether oxygens (including phenoxy) is 2. The van der Waals surface area contributed by atoms with E-state index < -0.39 is 0 Å². The first-order chi connectivity index (χ1) is 20.0. The van der Waals surface area contributed by atoms with Crippen molar-refractivity contribution >= 4 is 0 Å². The molecule has 0 bridgehead atoms. The van der Waals surface area contributed by atoms with Crippen molar-refractivity contribution in [1.82, 2.24) is 9.80 Å². The average Bonchev–Trinajstić information content (AvgIpc) is 3.59. The lowest BCUT2D eigenvalue weighted by Crippen LogP contribution is -2.44. The summed E-state index contributed by atoms with van der Waals surface area (Å²) in [6.07, 6.45) is 14.7. The van der Waals surface area contributed by atoms with Gasteiger partial charge in [-0.15, -0.1) is 0 Å². The monoisotopic (exact) mass is 554 g/mol. The molecular formula is C36H46N2O3. The largest absolute Gasteiger partial charge is 0.508 e. The number of piperidine rings is 1. The zero-order chi connectivity index (χ0) is 28.1. The first-order valence-electron chi connectivity index (χ1n) is 16.0. The molecular weight excluding hydrogens is 508 g/mol. The zero-order valence-corrected chi connectivity index (χ0v) is 25.0. The number of nitrogens with zero attached hydrogens (tertiary/aromatic N) is 2. The van der Waals surface area contributed by atoms with Gasteiger partial charge in [0.05, 0.1) is 14.2 Å². The molecule has 41 heavy (non-hydrogen) atoms. The molecule has 1 heterocycles. The smallest absolute Gasteiger partial charge is 0.158 e. The van der Waals surface area contributed by atoms with Crippen molar-refractivity contribution in [3.05, 3.63) is 88.4 Å². The van der Waals surface area contributed by atoms with E-state index in [1.165, 1.54) is 60.9 Å². The maximum Gasteiger partial charge on any atom is 0.158 e. The van der Waals surface area contributed by atoms with E-state index >= 15 is 0 Å². The maximum absolute atomic E-state index is 9.99.